The first-order valence-corrected chi connectivity index (χ1v) is 9.34. The third-order valence-corrected chi connectivity index (χ3v) is 6.01. The molecule has 2 aliphatic rings. The lowest BCUT2D eigenvalue weighted by atomic mass is 9.76. The molecule has 1 aromatic carbocycles. The second-order valence-electron chi connectivity index (χ2n) is 7.67. The van der Waals surface area contributed by atoms with E-state index in [1.807, 2.05) is 6.07 Å². The number of nitrogens with one attached hydrogen (secondary N) is 2. The number of methoxy groups -OCH3 is 1. The Balaban J connectivity index is 0.00000243. The molecule has 0 atom stereocenters. The van der Waals surface area contributed by atoms with E-state index in [-0.39, 0.29) is 29.5 Å². The summed E-state index contributed by atoms with van der Waals surface area (Å²) < 4.78 is 19.2. The van der Waals surface area contributed by atoms with Crippen molar-refractivity contribution in [2.75, 3.05) is 33.4 Å². The lowest BCUT2D eigenvalue weighted by molar-refractivity contribution is -0.127. The Hall–Kier alpha value is -1.17. The molecule has 146 valence electrons. The Labute approximate surface area is 161 Å². The maximum absolute atomic E-state index is 13.7. The number of carbonyl (C=O) groups excluding carboxylic acids is 1. The third-order valence-electron chi connectivity index (χ3n) is 6.01. The van der Waals surface area contributed by atoms with Crippen LogP contribution in [0.3, 0.4) is 0 Å². The molecule has 1 heterocycles. The number of benzene rings is 1. The fraction of sp³-hybridized carbons (Fsp3) is 0.650. The summed E-state index contributed by atoms with van der Waals surface area (Å²) in [5, 5.41) is 6.58. The average molecular weight is 385 g/mol. The van der Waals surface area contributed by atoms with Crippen molar-refractivity contribution < 1.29 is 13.9 Å². The number of halogens is 2. The first kappa shape index (κ1) is 21.1. The molecular formula is C20H30ClFN2O2. The maximum atomic E-state index is 13.7. The van der Waals surface area contributed by atoms with E-state index in [0.29, 0.717) is 13.2 Å². The van der Waals surface area contributed by atoms with E-state index in [1.54, 1.807) is 13.2 Å². The summed E-state index contributed by atoms with van der Waals surface area (Å²) in [6, 6.07) is 6.56. The molecule has 1 saturated carbocycles. The van der Waals surface area contributed by atoms with Gasteiger partial charge in [-0.3, -0.25) is 4.79 Å². The van der Waals surface area contributed by atoms with Crippen LogP contribution >= 0.6 is 12.4 Å². The first-order chi connectivity index (χ1) is 12.1. The predicted molar refractivity (Wildman–Crippen MR) is 103 cm³/mol. The van der Waals surface area contributed by atoms with Crippen LogP contribution in [0, 0.1) is 11.2 Å². The van der Waals surface area contributed by atoms with Gasteiger partial charge in [0.25, 0.3) is 0 Å². The molecule has 0 radical (unpaired) electrons. The van der Waals surface area contributed by atoms with Gasteiger partial charge in [0.2, 0.25) is 5.91 Å². The van der Waals surface area contributed by atoms with E-state index in [9.17, 15) is 9.18 Å². The first-order valence-electron chi connectivity index (χ1n) is 9.34. The number of piperidine rings is 1. The van der Waals surface area contributed by atoms with E-state index in [0.717, 1.165) is 57.2 Å². The summed E-state index contributed by atoms with van der Waals surface area (Å²) >= 11 is 0. The topological polar surface area (TPSA) is 50.4 Å². The average Bonchev–Trinajstić information content (AvgIpc) is 3.12. The van der Waals surface area contributed by atoms with Crippen molar-refractivity contribution in [3.8, 4) is 0 Å². The van der Waals surface area contributed by atoms with E-state index in [4.69, 9.17) is 4.74 Å². The summed E-state index contributed by atoms with van der Waals surface area (Å²) in [5.41, 5.74) is 0.231. The van der Waals surface area contributed by atoms with Crippen LogP contribution in [0.4, 0.5) is 4.39 Å². The predicted octanol–water partition coefficient (Wildman–Crippen LogP) is 3.19. The normalized spacial score (nSPS) is 21.0. The minimum Gasteiger partial charge on any atom is -0.384 e. The quantitative estimate of drug-likeness (QED) is 0.791. The fourth-order valence-corrected chi connectivity index (χ4v) is 4.48. The monoisotopic (exact) mass is 384 g/mol. The Bertz CT molecular complexity index is 594. The fourth-order valence-electron chi connectivity index (χ4n) is 4.48. The molecule has 1 aliphatic heterocycles. The van der Waals surface area contributed by atoms with Crippen molar-refractivity contribution >= 4 is 18.3 Å². The highest BCUT2D eigenvalue weighted by Crippen LogP contribution is 2.42. The van der Waals surface area contributed by atoms with Crippen molar-refractivity contribution in [1.82, 2.24) is 10.6 Å². The van der Waals surface area contributed by atoms with Gasteiger partial charge in [-0.1, -0.05) is 25.0 Å². The van der Waals surface area contributed by atoms with Gasteiger partial charge in [-0.2, -0.15) is 0 Å². The zero-order valence-electron chi connectivity index (χ0n) is 15.5. The molecule has 0 aromatic heterocycles. The van der Waals surface area contributed by atoms with Crippen molar-refractivity contribution in [3.05, 3.63) is 35.6 Å². The lowest BCUT2D eigenvalue weighted by Crippen LogP contribution is -2.51. The molecule has 1 aliphatic carbocycles. The number of hydrogen-bond donors (Lipinski definition) is 2. The summed E-state index contributed by atoms with van der Waals surface area (Å²) in [4.78, 5) is 13.2. The highest BCUT2D eigenvalue weighted by Gasteiger charge is 2.44. The summed E-state index contributed by atoms with van der Waals surface area (Å²) in [7, 11) is 1.72. The zero-order chi connectivity index (χ0) is 17.8. The molecule has 0 bridgehead atoms. The molecule has 2 N–H and O–H groups in total. The molecule has 1 amide bonds. The second kappa shape index (κ2) is 9.16. The number of rotatable bonds is 6. The van der Waals surface area contributed by atoms with Gasteiger partial charge in [0.15, 0.2) is 0 Å². The van der Waals surface area contributed by atoms with E-state index in [2.05, 4.69) is 10.6 Å². The number of amides is 1. The highest BCUT2D eigenvalue weighted by atomic mass is 35.5. The van der Waals surface area contributed by atoms with Crippen LogP contribution in [0.15, 0.2) is 24.3 Å². The SMILES string of the molecule is COCC1(CNC(=O)C2(c3cccc(F)c3)CCCC2)CCNCC1.Cl. The molecule has 2 fully saturated rings. The number of carbonyl (C=O) groups is 1. The van der Waals surface area contributed by atoms with E-state index < -0.39 is 5.41 Å². The lowest BCUT2D eigenvalue weighted by Gasteiger charge is -2.38. The Kier molecular flexibility index (Phi) is 7.44. The van der Waals surface area contributed by atoms with Crippen LogP contribution < -0.4 is 10.6 Å². The molecule has 4 nitrogen and oxygen atoms in total. The van der Waals surface area contributed by atoms with Crippen molar-refractivity contribution in [1.29, 1.82) is 0 Å². The van der Waals surface area contributed by atoms with Crippen molar-refractivity contribution in [3.63, 3.8) is 0 Å². The Morgan fingerprint density at radius 2 is 1.92 bits per heavy atom. The molecule has 1 aromatic rings. The maximum Gasteiger partial charge on any atom is 0.230 e. The third kappa shape index (κ3) is 4.38. The van der Waals surface area contributed by atoms with Gasteiger partial charge in [-0.25, -0.2) is 4.39 Å². The minimum absolute atomic E-state index is 0. The van der Waals surface area contributed by atoms with Gasteiger partial charge >= 0.3 is 0 Å². The van der Waals surface area contributed by atoms with Gasteiger partial charge < -0.3 is 15.4 Å². The molecule has 1 saturated heterocycles. The molecular weight excluding hydrogens is 355 g/mol. The van der Waals surface area contributed by atoms with Crippen LogP contribution in [0.1, 0.15) is 44.1 Å². The summed E-state index contributed by atoms with van der Waals surface area (Å²) in [5.74, 6) is -0.226. The van der Waals surface area contributed by atoms with Crippen molar-refractivity contribution in [2.24, 2.45) is 5.41 Å². The van der Waals surface area contributed by atoms with E-state index in [1.165, 1.54) is 12.1 Å². The number of hydrogen-bond acceptors (Lipinski definition) is 3. The van der Waals surface area contributed by atoms with Crippen LogP contribution in [0.5, 0.6) is 0 Å². The summed E-state index contributed by atoms with van der Waals surface area (Å²) in [6.07, 6.45) is 5.60. The van der Waals surface area contributed by atoms with Gasteiger partial charge in [0, 0.05) is 19.1 Å². The molecule has 26 heavy (non-hydrogen) atoms. The minimum atomic E-state index is -0.580. The van der Waals surface area contributed by atoms with Crippen LogP contribution in [-0.4, -0.2) is 39.3 Å². The largest absolute Gasteiger partial charge is 0.384 e. The highest BCUT2D eigenvalue weighted by molar-refractivity contribution is 5.88. The van der Waals surface area contributed by atoms with Gasteiger partial charge in [0.1, 0.15) is 5.82 Å². The van der Waals surface area contributed by atoms with Crippen LogP contribution in [0.2, 0.25) is 0 Å². The molecule has 0 unspecified atom stereocenters. The Morgan fingerprint density at radius 3 is 2.54 bits per heavy atom. The molecule has 3 rings (SSSR count). The molecule has 0 spiro atoms. The number of ether oxygens (including phenoxy) is 1. The zero-order valence-corrected chi connectivity index (χ0v) is 16.3. The van der Waals surface area contributed by atoms with Crippen LogP contribution in [-0.2, 0) is 14.9 Å². The van der Waals surface area contributed by atoms with Crippen LogP contribution in [0.25, 0.3) is 0 Å². The van der Waals surface area contributed by atoms with E-state index >= 15 is 0 Å². The smallest absolute Gasteiger partial charge is 0.230 e. The van der Waals surface area contributed by atoms with Gasteiger partial charge in [0.05, 0.1) is 12.0 Å². The van der Waals surface area contributed by atoms with Crippen molar-refractivity contribution in [2.45, 2.75) is 43.9 Å². The Morgan fingerprint density at radius 1 is 1.23 bits per heavy atom. The van der Waals surface area contributed by atoms with Gasteiger partial charge in [-0.15, -0.1) is 12.4 Å². The standard InChI is InChI=1S/C20H29FN2O2.ClH/c1-25-15-19(9-11-22-12-10-19)14-23-18(24)20(7-2-3-8-20)16-5-4-6-17(21)13-16;/h4-6,13,22H,2-3,7-12,14-15H2,1H3,(H,23,24);1H. The second-order valence-corrected chi connectivity index (χ2v) is 7.67. The van der Waals surface area contributed by atoms with Gasteiger partial charge in [-0.05, 0) is 56.5 Å². The summed E-state index contributed by atoms with van der Waals surface area (Å²) in [6.45, 7) is 3.18. The molecule has 6 heteroatoms.